The Morgan fingerprint density at radius 2 is 2.31 bits per heavy atom. The zero-order chi connectivity index (χ0) is 9.84. The van der Waals surface area contributed by atoms with Crippen LogP contribution < -0.4 is 4.74 Å². The lowest BCUT2D eigenvalue weighted by Crippen LogP contribution is -2.16. The second-order valence-corrected chi connectivity index (χ2v) is 4.01. The summed E-state index contributed by atoms with van der Waals surface area (Å²) in [5.74, 6) is 0.581. The van der Waals surface area contributed by atoms with E-state index in [2.05, 4.69) is 15.9 Å². The van der Waals surface area contributed by atoms with Gasteiger partial charge in [-0.1, -0.05) is 27.5 Å². The molecule has 0 saturated heterocycles. The largest absolute Gasteiger partial charge is 0.487 e. The summed E-state index contributed by atoms with van der Waals surface area (Å²) in [6, 6.07) is 5.35. The van der Waals surface area contributed by atoms with Crippen molar-refractivity contribution >= 4 is 27.5 Å². The molecule has 1 rings (SSSR count). The van der Waals surface area contributed by atoms with Crippen LogP contribution in [0.25, 0.3) is 0 Å². The Kier molecular flexibility index (Phi) is 4.03. The highest BCUT2D eigenvalue weighted by molar-refractivity contribution is 9.10. The third-order valence-electron chi connectivity index (χ3n) is 1.48. The molecular weight excluding hydrogens is 255 g/mol. The molecule has 72 valence electrons. The molecule has 4 heteroatoms. The Morgan fingerprint density at radius 1 is 1.62 bits per heavy atom. The van der Waals surface area contributed by atoms with Gasteiger partial charge in [0.1, 0.15) is 11.9 Å². The molecule has 1 atom stereocenters. The van der Waals surface area contributed by atoms with Crippen LogP contribution in [0.4, 0.5) is 0 Å². The minimum atomic E-state index is -0.244. The van der Waals surface area contributed by atoms with Gasteiger partial charge in [0.05, 0.1) is 11.6 Å². The summed E-state index contributed by atoms with van der Waals surface area (Å²) in [6.07, 6.45) is -0.244. The highest BCUT2D eigenvalue weighted by atomic mass is 79.9. The lowest BCUT2D eigenvalue weighted by molar-refractivity contribution is 0.130. The second kappa shape index (κ2) is 4.84. The molecule has 1 aromatic carbocycles. The zero-order valence-electron chi connectivity index (χ0n) is 7.13. The fourth-order valence-electron chi connectivity index (χ4n) is 0.822. The van der Waals surface area contributed by atoms with E-state index >= 15 is 0 Å². The van der Waals surface area contributed by atoms with Crippen LogP contribution in [0, 0.1) is 0 Å². The summed E-state index contributed by atoms with van der Waals surface area (Å²) < 4.78 is 6.26. The van der Waals surface area contributed by atoms with Crippen molar-refractivity contribution in [1.82, 2.24) is 0 Å². The summed E-state index contributed by atoms with van der Waals surface area (Å²) in [6.45, 7) is 1.75. The van der Waals surface area contributed by atoms with Gasteiger partial charge in [0.15, 0.2) is 0 Å². The first-order valence-electron chi connectivity index (χ1n) is 3.86. The first kappa shape index (κ1) is 10.8. The van der Waals surface area contributed by atoms with Gasteiger partial charge in [-0.05, 0) is 25.1 Å². The highest BCUT2D eigenvalue weighted by Gasteiger charge is 2.06. The van der Waals surface area contributed by atoms with Gasteiger partial charge in [0.25, 0.3) is 0 Å². The van der Waals surface area contributed by atoms with Crippen LogP contribution in [0.1, 0.15) is 6.92 Å². The van der Waals surface area contributed by atoms with Gasteiger partial charge in [-0.2, -0.15) is 0 Å². The number of hydrogen-bond donors (Lipinski definition) is 1. The van der Waals surface area contributed by atoms with Crippen molar-refractivity contribution in [2.75, 3.05) is 6.61 Å². The van der Waals surface area contributed by atoms with Gasteiger partial charge in [-0.3, -0.25) is 0 Å². The lowest BCUT2D eigenvalue weighted by Gasteiger charge is -2.13. The van der Waals surface area contributed by atoms with E-state index in [1.165, 1.54) is 0 Å². The third-order valence-corrected chi connectivity index (χ3v) is 2.28. The van der Waals surface area contributed by atoms with Crippen molar-refractivity contribution in [3.05, 3.63) is 27.7 Å². The fraction of sp³-hybridized carbons (Fsp3) is 0.333. The Labute approximate surface area is 90.6 Å². The summed E-state index contributed by atoms with van der Waals surface area (Å²) in [5, 5.41) is 9.32. The number of hydrogen-bond acceptors (Lipinski definition) is 2. The molecule has 13 heavy (non-hydrogen) atoms. The predicted octanol–water partition coefficient (Wildman–Crippen LogP) is 2.86. The summed E-state index contributed by atoms with van der Waals surface area (Å²) in [7, 11) is 0. The molecule has 0 amide bonds. The SMILES string of the molecule is C[C@@H](CO)Oc1cc(Br)ccc1Cl. The molecule has 1 N–H and O–H groups in total. The molecule has 0 radical (unpaired) electrons. The van der Waals surface area contributed by atoms with Crippen LogP contribution in [0.3, 0.4) is 0 Å². The number of halogens is 2. The Bertz CT molecular complexity index is 291. The average Bonchev–Trinajstić information content (AvgIpc) is 2.11. The molecule has 0 unspecified atom stereocenters. The predicted molar refractivity (Wildman–Crippen MR) is 56.3 cm³/mol. The van der Waals surface area contributed by atoms with E-state index in [4.69, 9.17) is 21.4 Å². The van der Waals surface area contributed by atoms with Gasteiger partial charge in [-0.25, -0.2) is 0 Å². The number of benzene rings is 1. The van der Waals surface area contributed by atoms with Gasteiger partial charge >= 0.3 is 0 Å². The monoisotopic (exact) mass is 264 g/mol. The number of aliphatic hydroxyl groups is 1. The molecule has 0 bridgehead atoms. The Balaban J connectivity index is 2.81. The maximum Gasteiger partial charge on any atom is 0.139 e. The van der Waals surface area contributed by atoms with Gasteiger partial charge in [-0.15, -0.1) is 0 Å². The minimum Gasteiger partial charge on any atom is -0.487 e. The van der Waals surface area contributed by atoms with Crippen LogP contribution in [-0.2, 0) is 0 Å². The Hall–Kier alpha value is -0.250. The quantitative estimate of drug-likeness (QED) is 0.911. The van der Waals surface area contributed by atoms with Crippen molar-refractivity contribution < 1.29 is 9.84 Å². The normalized spacial score (nSPS) is 12.6. The molecule has 1 aromatic rings. The molecule has 0 aromatic heterocycles. The molecule has 0 spiro atoms. The van der Waals surface area contributed by atoms with Crippen LogP contribution in [-0.4, -0.2) is 17.8 Å². The van der Waals surface area contributed by atoms with Crippen LogP contribution >= 0.6 is 27.5 Å². The third kappa shape index (κ3) is 3.18. The molecule has 2 nitrogen and oxygen atoms in total. The van der Waals surface area contributed by atoms with E-state index in [0.29, 0.717) is 10.8 Å². The second-order valence-electron chi connectivity index (χ2n) is 2.69. The average molecular weight is 266 g/mol. The lowest BCUT2D eigenvalue weighted by atomic mass is 10.3. The van der Waals surface area contributed by atoms with Crippen molar-refractivity contribution in [2.45, 2.75) is 13.0 Å². The number of aliphatic hydroxyl groups excluding tert-OH is 1. The van der Waals surface area contributed by atoms with Crippen LogP contribution in [0.5, 0.6) is 5.75 Å². The van der Waals surface area contributed by atoms with Crippen molar-refractivity contribution in [3.8, 4) is 5.75 Å². The van der Waals surface area contributed by atoms with Gasteiger partial charge < -0.3 is 9.84 Å². The zero-order valence-corrected chi connectivity index (χ0v) is 9.47. The minimum absolute atomic E-state index is 0.0250. The molecular formula is C9H10BrClO2. The number of ether oxygens (including phenoxy) is 1. The standard InChI is InChI=1S/C9H10BrClO2/c1-6(5-12)13-9-4-7(10)2-3-8(9)11/h2-4,6,12H,5H2,1H3/t6-/m0/s1. The fourth-order valence-corrected chi connectivity index (χ4v) is 1.32. The van der Waals surface area contributed by atoms with E-state index in [-0.39, 0.29) is 12.7 Å². The van der Waals surface area contributed by atoms with Gasteiger partial charge in [0.2, 0.25) is 0 Å². The van der Waals surface area contributed by atoms with Crippen molar-refractivity contribution in [1.29, 1.82) is 0 Å². The topological polar surface area (TPSA) is 29.5 Å². The molecule has 0 fully saturated rings. The summed E-state index contributed by atoms with van der Waals surface area (Å²) in [5.41, 5.74) is 0. The maximum atomic E-state index is 8.78. The first-order valence-corrected chi connectivity index (χ1v) is 5.03. The van der Waals surface area contributed by atoms with E-state index < -0.39 is 0 Å². The van der Waals surface area contributed by atoms with E-state index in [1.807, 2.05) is 6.07 Å². The molecule has 0 heterocycles. The van der Waals surface area contributed by atoms with E-state index in [9.17, 15) is 0 Å². The van der Waals surface area contributed by atoms with Crippen molar-refractivity contribution in [3.63, 3.8) is 0 Å². The first-order chi connectivity index (χ1) is 6.13. The summed E-state index contributed by atoms with van der Waals surface area (Å²) in [4.78, 5) is 0. The highest BCUT2D eigenvalue weighted by Crippen LogP contribution is 2.28. The van der Waals surface area contributed by atoms with E-state index in [1.54, 1.807) is 19.1 Å². The van der Waals surface area contributed by atoms with Crippen LogP contribution in [0.2, 0.25) is 5.02 Å². The van der Waals surface area contributed by atoms with Crippen molar-refractivity contribution in [2.24, 2.45) is 0 Å². The number of rotatable bonds is 3. The molecule has 0 aliphatic rings. The molecule has 0 saturated carbocycles. The maximum absolute atomic E-state index is 8.78. The van der Waals surface area contributed by atoms with Crippen LogP contribution in [0.15, 0.2) is 22.7 Å². The van der Waals surface area contributed by atoms with Gasteiger partial charge in [0, 0.05) is 4.47 Å². The molecule has 0 aliphatic carbocycles. The smallest absolute Gasteiger partial charge is 0.139 e. The molecule has 0 aliphatic heterocycles. The summed E-state index contributed by atoms with van der Waals surface area (Å²) >= 11 is 9.18. The Morgan fingerprint density at radius 3 is 2.92 bits per heavy atom. The van der Waals surface area contributed by atoms with E-state index in [0.717, 1.165) is 4.47 Å².